The van der Waals surface area contributed by atoms with E-state index in [9.17, 15) is 4.79 Å². The van der Waals surface area contributed by atoms with E-state index in [0.29, 0.717) is 9.90 Å². The minimum Gasteiger partial charge on any atom is -0.288 e. The normalized spacial score (nSPS) is 10.1. The Kier molecular flexibility index (Phi) is 3.24. The van der Waals surface area contributed by atoms with Crippen LogP contribution in [-0.2, 0) is 0 Å². The Bertz CT molecular complexity index is 510. The Hall–Kier alpha value is -1.36. The molecule has 0 aliphatic rings. The molecule has 0 aliphatic carbocycles. The molecule has 0 saturated carbocycles. The van der Waals surface area contributed by atoms with Crippen molar-refractivity contribution in [1.29, 1.82) is 0 Å². The van der Waals surface area contributed by atoms with Gasteiger partial charge in [0.05, 0.1) is 5.02 Å². The molecule has 82 valence electrons. The van der Waals surface area contributed by atoms with Gasteiger partial charge < -0.3 is 0 Å². The van der Waals surface area contributed by atoms with Crippen molar-refractivity contribution in [2.24, 2.45) is 0 Å². The van der Waals surface area contributed by atoms with Crippen LogP contribution in [0.2, 0.25) is 5.02 Å². The van der Waals surface area contributed by atoms with Gasteiger partial charge in [-0.1, -0.05) is 41.9 Å². The predicted molar refractivity (Wildman–Crippen MR) is 64.0 cm³/mol. The lowest BCUT2D eigenvalue weighted by molar-refractivity contribution is 0.0711. The third kappa shape index (κ3) is 2.09. The number of hydrogen-bond donors (Lipinski definition) is 2. The molecule has 0 atom stereocenters. The van der Waals surface area contributed by atoms with Gasteiger partial charge in [-0.25, -0.2) is 5.48 Å². The monoisotopic (exact) mass is 253 g/mol. The summed E-state index contributed by atoms with van der Waals surface area (Å²) in [5.41, 5.74) is 2.57. The van der Waals surface area contributed by atoms with Crippen molar-refractivity contribution in [3.8, 4) is 10.4 Å². The molecule has 16 heavy (non-hydrogen) atoms. The first-order chi connectivity index (χ1) is 7.72. The molecule has 0 aliphatic heterocycles. The van der Waals surface area contributed by atoms with Crippen LogP contribution in [-0.4, -0.2) is 11.1 Å². The zero-order chi connectivity index (χ0) is 11.5. The summed E-state index contributed by atoms with van der Waals surface area (Å²) in [7, 11) is 0. The van der Waals surface area contributed by atoms with Crippen molar-refractivity contribution in [2.75, 3.05) is 0 Å². The second-order valence-corrected chi connectivity index (χ2v) is 4.55. The molecule has 0 spiro atoms. The SMILES string of the molecule is O=C(NO)c1sc(-c2ccccc2)cc1Cl. The van der Waals surface area contributed by atoms with E-state index in [1.54, 1.807) is 11.5 Å². The van der Waals surface area contributed by atoms with Gasteiger partial charge in [0.1, 0.15) is 4.88 Å². The van der Waals surface area contributed by atoms with Gasteiger partial charge in [-0.05, 0) is 11.6 Å². The molecule has 1 amide bonds. The lowest BCUT2D eigenvalue weighted by Crippen LogP contribution is -2.17. The first-order valence-electron chi connectivity index (χ1n) is 4.51. The number of amides is 1. The maximum atomic E-state index is 11.2. The fourth-order valence-electron chi connectivity index (χ4n) is 1.32. The van der Waals surface area contributed by atoms with Crippen LogP contribution in [0, 0.1) is 0 Å². The smallest absolute Gasteiger partial charge is 0.286 e. The molecule has 1 aromatic carbocycles. The second-order valence-electron chi connectivity index (χ2n) is 3.09. The number of carbonyl (C=O) groups excluding carboxylic acids is 1. The Morgan fingerprint density at radius 1 is 1.31 bits per heavy atom. The maximum absolute atomic E-state index is 11.2. The van der Waals surface area contributed by atoms with Gasteiger partial charge in [-0.3, -0.25) is 10.0 Å². The molecule has 0 saturated heterocycles. The highest BCUT2D eigenvalue weighted by atomic mass is 35.5. The van der Waals surface area contributed by atoms with E-state index < -0.39 is 5.91 Å². The van der Waals surface area contributed by atoms with Crippen LogP contribution < -0.4 is 5.48 Å². The average molecular weight is 254 g/mol. The van der Waals surface area contributed by atoms with E-state index >= 15 is 0 Å². The Balaban J connectivity index is 2.42. The van der Waals surface area contributed by atoms with E-state index in [1.165, 1.54) is 11.3 Å². The molecule has 3 nitrogen and oxygen atoms in total. The summed E-state index contributed by atoms with van der Waals surface area (Å²) in [6, 6.07) is 11.3. The van der Waals surface area contributed by atoms with Gasteiger partial charge >= 0.3 is 0 Å². The molecule has 1 aromatic heterocycles. The quantitative estimate of drug-likeness (QED) is 0.638. The summed E-state index contributed by atoms with van der Waals surface area (Å²) in [6.07, 6.45) is 0. The van der Waals surface area contributed by atoms with Crippen LogP contribution in [0.3, 0.4) is 0 Å². The van der Waals surface area contributed by atoms with Gasteiger partial charge in [0.15, 0.2) is 0 Å². The van der Waals surface area contributed by atoms with E-state index in [2.05, 4.69) is 0 Å². The average Bonchev–Trinajstić information content (AvgIpc) is 2.71. The number of halogens is 1. The van der Waals surface area contributed by atoms with Crippen molar-refractivity contribution in [1.82, 2.24) is 5.48 Å². The second kappa shape index (κ2) is 4.65. The summed E-state index contributed by atoms with van der Waals surface area (Å²) in [4.78, 5) is 12.4. The lowest BCUT2D eigenvalue weighted by Gasteiger charge is -1.95. The highest BCUT2D eigenvalue weighted by Crippen LogP contribution is 2.34. The summed E-state index contributed by atoms with van der Waals surface area (Å²) < 4.78 is 0. The zero-order valence-corrected chi connectivity index (χ0v) is 9.68. The van der Waals surface area contributed by atoms with Crippen LogP contribution >= 0.6 is 22.9 Å². The van der Waals surface area contributed by atoms with Crippen molar-refractivity contribution in [2.45, 2.75) is 0 Å². The number of thiophene rings is 1. The third-order valence-electron chi connectivity index (χ3n) is 2.05. The predicted octanol–water partition coefficient (Wildman–Crippen LogP) is 3.19. The van der Waals surface area contributed by atoms with Gasteiger partial charge in [0.25, 0.3) is 5.91 Å². The molecule has 2 aromatic rings. The number of carbonyl (C=O) groups is 1. The maximum Gasteiger partial charge on any atom is 0.286 e. The minimum absolute atomic E-state index is 0.308. The van der Waals surface area contributed by atoms with Crippen molar-refractivity contribution in [3.05, 3.63) is 46.3 Å². The van der Waals surface area contributed by atoms with Crippen LogP contribution in [0.1, 0.15) is 9.67 Å². The van der Waals surface area contributed by atoms with E-state index in [0.717, 1.165) is 10.4 Å². The van der Waals surface area contributed by atoms with Crippen LogP contribution in [0.25, 0.3) is 10.4 Å². The number of nitrogens with one attached hydrogen (secondary N) is 1. The fourth-order valence-corrected chi connectivity index (χ4v) is 2.64. The first-order valence-corrected chi connectivity index (χ1v) is 5.71. The third-order valence-corrected chi connectivity index (χ3v) is 3.65. The number of benzene rings is 1. The van der Waals surface area contributed by atoms with Crippen LogP contribution in [0.4, 0.5) is 0 Å². The molecule has 1 heterocycles. The molecular weight excluding hydrogens is 246 g/mol. The zero-order valence-electron chi connectivity index (χ0n) is 8.11. The van der Waals surface area contributed by atoms with E-state index in [-0.39, 0.29) is 0 Å². The van der Waals surface area contributed by atoms with Gasteiger partial charge in [0.2, 0.25) is 0 Å². The fraction of sp³-hybridized carbons (Fsp3) is 0. The van der Waals surface area contributed by atoms with E-state index in [1.807, 2.05) is 30.3 Å². The highest BCUT2D eigenvalue weighted by molar-refractivity contribution is 7.18. The number of rotatable bonds is 2. The standard InChI is InChI=1S/C11H8ClNO2S/c12-8-6-9(7-4-2-1-3-5-7)16-10(8)11(14)13-15/h1-6,15H,(H,13,14). The van der Waals surface area contributed by atoms with Crippen molar-refractivity contribution in [3.63, 3.8) is 0 Å². The summed E-state index contributed by atoms with van der Waals surface area (Å²) in [6.45, 7) is 0. The van der Waals surface area contributed by atoms with Gasteiger partial charge in [0, 0.05) is 4.88 Å². The molecule has 0 fully saturated rings. The molecule has 0 unspecified atom stereocenters. The highest BCUT2D eigenvalue weighted by Gasteiger charge is 2.14. The first kappa shape index (κ1) is 11.1. The topological polar surface area (TPSA) is 49.3 Å². The number of hydroxylamine groups is 1. The van der Waals surface area contributed by atoms with Gasteiger partial charge in [-0.15, -0.1) is 11.3 Å². The minimum atomic E-state index is -0.586. The van der Waals surface area contributed by atoms with Crippen molar-refractivity contribution >= 4 is 28.8 Å². The molecule has 2 N–H and O–H groups in total. The van der Waals surface area contributed by atoms with E-state index in [4.69, 9.17) is 16.8 Å². The summed E-state index contributed by atoms with van der Waals surface area (Å²) in [5, 5.41) is 8.88. The molecule has 2 rings (SSSR count). The molecule has 5 heteroatoms. The Morgan fingerprint density at radius 3 is 2.62 bits per heavy atom. The number of hydrogen-bond acceptors (Lipinski definition) is 3. The van der Waals surface area contributed by atoms with Crippen LogP contribution in [0.15, 0.2) is 36.4 Å². The van der Waals surface area contributed by atoms with Gasteiger partial charge in [-0.2, -0.15) is 0 Å². The largest absolute Gasteiger partial charge is 0.288 e. The summed E-state index contributed by atoms with van der Waals surface area (Å²) in [5.74, 6) is -0.586. The molecular formula is C11H8ClNO2S. The lowest BCUT2D eigenvalue weighted by atomic mass is 10.2. The van der Waals surface area contributed by atoms with Crippen molar-refractivity contribution < 1.29 is 10.0 Å². The molecule has 0 bridgehead atoms. The molecule has 0 radical (unpaired) electrons. The Labute approximate surface area is 101 Å². The summed E-state index contributed by atoms with van der Waals surface area (Å²) >= 11 is 7.15. The Morgan fingerprint density at radius 2 is 2.00 bits per heavy atom. The van der Waals surface area contributed by atoms with Crippen LogP contribution in [0.5, 0.6) is 0 Å².